The summed E-state index contributed by atoms with van der Waals surface area (Å²) in [5.41, 5.74) is 4.13. The second-order valence-corrected chi connectivity index (χ2v) is 5.26. The Morgan fingerprint density at radius 2 is 2.06 bits per heavy atom. The highest BCUT2D eigenvalue weighted by atomic mass is 16.1. The number of benzene rings is 1. The summed E-state index contributed by atoms with van der Waals surface area (Å²) in [4.78, 5) is 12.4. The van der Waals surface area contributed by atoms with Crippen LogP contribution in [-0.2, 0) is 0 Å². The normalized spacial score (nSPS) is 19.9. The monoisotopic (exact) mass is 228 g/mol. The van der Waals surface area contributed by atoms with Crippen LogP contribution in [0, 0.1) is 19.8 Å². The molecule has 17 heavy (non-hydrogen) atoms. The molecule has 0 N–H and O–H groups in total. The first-order chi connectivity index (χ1) is 8.08. The van der Waals surface area contributed by atoms with E-state index in [2.05, 4.69) is 19.1 Å². The highest BCUT2D eigenvalue weighted by Gasteiger charge is 2.18. The van der Waals surface area contributed by atoms with Crippen molar-refractivity contribution in [3.63, 3.8) is 0 Å². The number of carbonyl (C=O) groups excluding carboxylic acids is 1. The molecule has 0 amide bonds. The van der Waals surface area contributed by atoms with Crippen LogP contribution < -0.4 is 0 Å². The van der Waals surface area contributed by atoms with Crippen LogP contribution in [0.4, 0.5) is 0 Å². The van der Waals surface area contributed by atoms with E-state index >= 15 is 0 Å². The van der Waals surface area contributed by atoms with E-state index in [-0.39, 0.29) is 5.78 Å². The van der Waals surface area contributed by atoms with Crippen molar-refractivity contribution >= 4 is 5.78 Å². The van der Waals surface area contributed by atoms with E-state index < -0.39 is 0 Å². The molecular weight excluding hydrogens is 208 g/mol. The van der Waals surface area contributed by atoms with E-state index in [4.69, 9.17) is 0 Å². The summed E-state index contributed by atoms with van der Waals surface area (Å²) in [6.45, 7) is 6.29. The molecule has 0 fully saturated rings. The number of aryl methyl sites for hydroxylation is 2. The molecule has 0 heterocycles. The molecule has 1 aromatic rings. The van der Waals surface area contributed by atoms with Gasteiger partial charge in [0.25, 0.3) is 0 Å². The first-order valence-electron chi connectivity index (χ1n) is 6.39. The van der Waals surface area contributed by atoms with Crippen molar-refractivity contribution in [3.05, 3.63) is 46.5 Å². The van der Waals surface area contributed by atoms with Crippen LogP contribution in [0.1, 0.15) is 47.7 Å². The smallest absolute Gasteiger partial charge is 0.188 e. The van der Waals surface area contributed by atoms with Crippen LogP contribution in [0.2, 0.25) is 0 Å². The lowest BCUT2D eigenvalue weighted by Crippen LogP contribution is -2.11. The number of hydrogen-bond acceptors (Lipinski definition) is 1. The van der Waals surface area contributed by atoms with Gasteiger partial charge in [-0.2, -0.15) is 0 Å². The second kappa shape index (κ2) is 4.87. The third-order valence-corrected chi connectivity index (χ3v) is 3.60. The summed E-state index contributed by atoms with van der Waals surface area (Å²) in [6.07, 6.45) is 5.26. The predicted octanol–water partition coefficient (Wildman–Crippen LogP) is 4.23. The predicted molar refractivity (Wildman–Crippen MR) is 71.3 cm³/mol. The zero-order valence-corrected chi connectivity index (χ0v) is 10.9. The number of ketones is 1. The highest BCUT2D eigenvalue weighted by molar-refractivity contribution is 6.09. The standard InChI is InChI=1S/C16H20O/c1-11-5-8-14(9-6-11)16(17)15-10-12(2)4-7-13(15)3/h4,7-8,10-11H,5-6,9H2,1-3H3. The summed E-state index contributed by atoms with van der Waals surface area (Å²) >= 11 is 0. The lowest BCUT2D eigenvalue weighted by atomic mass is 9.86. The highest BCUT2D eigenvalue weighted by Crippen LogP contribution is 2.26. The number of rotatable bonds is 2. The molecule has 1 nitrogen and oxygen atoms in total. The van der Waals surface area contributed by atoms with Gasteiger partial charge in [0.2, 0.25) is 0 Å². The lowest BCUT2D eigenvalue weighted by molar-refractivity contribution is 0.102. The maximum atomic E-state index is 12.4. The SMILES string of the molecule is Cc1ccc(C)c(C(=O)C2=CCC(C)CC2)c1. The third-order valence-electron chi connectivity index (χ3n) is 3.60. The van der Waals surface area contributed by atoms with Gasteiger partial charge in [-0.25, -0.2) is 0 Å². The topological polar surface area (TPSA) is 17.1 Å². The Kier molecular flexibility index (Phi) is 3.46. The fourth-order valence-corrected chi connectivity index (χ4v) is 2.32. The quantitative estimate of drug-likeness (QED) is 0.692. The minimum atomic E-state index is 0.234. The molecule has 1 aliphatic carbocycles. The van der Waals surface area contributed by atoms with Crippen LogP contribution in [0.5, 0.6) is 0 Å². The van der Waals surface area contributed by atoms with Crippen LogP contribution in [0.25, 0.3) is 0 Å². The number of allylic oxidation sites excluding steroid dienone is 2. The van der Waals surface area contributed by atoms with Crippen LogP contribution in [0.3, 0.4) is 0 Å². The van der Waals surface area contributed by atoms with Gasteiger partial charge in [0.05, 0.1) is 0 Å². The van der Waals surface area contributed by atoms with Gasteiger partial charge in [0.15, 0.2) is 5.78 Å². The van der Waals surface area contributed by atoms with E-state index in [1.54, 1.807) is 0 Å². The Morgan fingerprint density at radius 3 is 2.71 bits per heavy atom. The minimum Gasteiger partial charge on any atom is -0.289 e. The molecule has 0 bridgehead atoms. The summed E-state index contributed by atoms with van der Waals surface area (Å²) in [6, 6.07) is 6.11. The second-order valence-electron chi connectivity index (χ2n) is 5.26. The Labute approximate surface area is 104 Å². The molecule has 0 spiro atoms. The van der Waals surface area contributed by atoms with Gasteiger partial charge in [-0.15, -0.1) is 0 Å². The van der Waals surface area contributed by atoms with Crippen molar-refractivity contribution in [3.8, 4) is 0 Å². The molecule has 1 unspecified atom stereocenters. The Hall–Kier alpha value is -1.37. The largest absolute Gasteiger partial charge is 0.289 e. The Bertz CT molecular complexity index is 468. The average Bonchev–Trinajstić information content (AvgIpc) is 2.32. The van der Waals surface area contributed by atoms with E-state index in [1.807, 2.05) is 26.0 Å². The molecule has 90 valence electrons. The maximum absolute atomic E-state index is 12.4. The van der Waals surface area contributed by atoms with Crippen LogP contribution in [0.15, 0.2) is 29.8 Å². The molecule has 2 rings (SSSR count). The van der Waals surface area contributed by atoms with E-state index in [0.717, 1.165) is 47.4 Å². The zero-order valence-electron chi connectivity index (χ0n) is 10.9. The fourth-order valence-electron chi connectivity index (χ4n) is 2.32. The lowest BCUT2D eigenvalue weighted by Gasteiger charge is -2.18. The van der Waals surface area contributed by atoms with Crippen LogP contribution in [-0.4, -0.2) is 5.78 Å². The van der Waals surface area contributed by atoms with Crippen molar-refractivity contribution in [1.29, 1.82) is 0 Å². The van der Waals surface area contributed by atoms with Gasteiger partial charge in [-0.05, 0) is 56.2 Å². The summed E-state index contributed by atoms with van der Waals surface area (Å²) < 4.78 is 0. The molecule has 0 aliphatic heterocycles. The first kappa shape index (κ1) is 12.1. The van der Waals surface area contributed by atoms with E-state index in [0.29, 0.717) is 0 Å². The van der Waals surface area contributed by atoms with Crippen molar-refractivity contribution in [2.45, 2.75) is 40.0 Å². The maximum Gasteiger partial charge on any atom is 0.188 e. The van der Waals surface area contributed by atoms with Crippen molar-refractivity contribution in [1.82, 2.24) is 0 Å². The zero-order chi connectivity index (χ0) is 12.4. The van der Waals surface area contributed by atoms with E-state index in [1.165, 1.54) is 0 Å². The van der Waals surface area contributed by atoms with Crippen molar-refractivity contribution < 1.29 is 4.79 Å². The molecule has 0 saturated heterocycles. The minimum absolute atomic E-state index is 0.234. The summed E-state index contributed by atoms with van der Waals surface area (Å²) in [7, 11) is 0. The third kappa shape index (κ3) is 2.66. The van der Waals surface area contributed by atoms with Gasteiger partial charge < -0.3 is 0 Å². The molecular formula is C16H20O. The van der Waals surface area contributed by atoms with Gasteiger partial charge in [-0.3, -0.25) is 4.79 Å². The van der Waals surface area contributed by atoms with Gasteiger partial charge in [-0.1, -0.05) is 30.7 Å². The number of hydrogen-bond donors (Lipinski definition) is 0. The van der Waals surface area contributed by atoms with Gasteiger partial charge >= 0.3 is 0 Å². The molecule has 1 aromatic carbocycles. The van der Waals surface area contributed by atoms with Crippen LogP contribution >= 0.6 is 0 Å². The average molecular weight is 228 g/mol. The fraction of sp³-hybridized carbons (Fsp3) is 0.438. The molecule has 0 radical (unpaired) electrons. The van der Waals surface area contributed by atoms with Gasteiger partial charge in [0, 0.05) is 5.56 Å². The van der Waals surface area contributed by atoms with Crippen molar-refractivity contribution in [2.24, 2.45) is 5.92 Å². The number of Topliss-reactive ketones (excluding diaryl/α,β-unsaturated/α-hetero) is 1. The Balaban J connectivity index is 2.28. The van der Waals surface area contributed by atoms with Crippen molar-refractivity contribution in [2.75, 3.05) is 0 Å². The first-order valence-corrected chi connectivity index (χ1v) is 6.39. The van der Waals surface area contributed by atoms with Gasteiger partial charge in [0.1, 0.15) is 0 Å². The summed E-state index contributed by atoms with van der Waals surface area (Å²) in [5, 5.41) is 0. The molecule has 0 saturated carbocycles. The molecule has 1 heteroatoms. The summed E-state index contributed by atoms with van der Waals surface area (Å²) in [5.74, 6) is 0.961. The Morgan fingerprint density at radius 1 is 1.29 bits per heavy atom. The molecule has 1 atom stereocenters. The number of carbonyl (C=O) groups is 1. The molecule has 1 aliphatic rings. The molecule has 0 aromatic heterocycles. The van der Waals surface area contributed by atoms with E-state index in [9.17, 15) is 4.79 Å².